The Balaban J connectivity index is 2.42. The van der Waals surface area contributed by atoms with E-state index in [1.807, 2.05) is 31.2 Å². The fourth-order valence-corrected chi connectivity index (χ4v) is 2.20. The quantitative estimate of drug-likeness (QED) is 0.940. The summed E-state index contributed by atoms with van der Waals surface area (Å²) in [4.78, 5) is 0. The SMILES string of the molecule is Cc1cccc(C(C(C)N)n2ccc(C(F)(F)F)n2)c1. The second-order valence-corrected chi connectivity index (χ2v) is 4.90. The van der Waals surface area contributed by atoms with Crippen molar-refractivity contribution in [3.05, 3.63) is 53.3 Å². The van der Waals surface area contributed by atoms with Gasteiger partial charge in [-0.15, -0.1) is 0 Å². The molecule has 0 saturated heterocycles. The minimum atomic E-state index is -4.44. The molecule has 0 aliphatic carbocycles. The van der Waals surface area contributed by atoms with E-state index >= 15 is 0 Å². The molecule has 0 aliphatic heterocycles. The first-order chi connectivity index (χ1) is 9.29. The Hall–Kier alpha value is -1.82. The van der Waals surface area contributed by atoms with Gasteiger partial charge in [0.15, 0.2) is 5.69 Å². The summed E-state index contributed by atoms with van der Waals surface area (Å²) in [5.74, 6) is 0. The summed E-state index contributed by atoms with van der Waals surface area (Å²) < 4.78 is 39.2. The molecule has 2 atom stereocenters. The zero-order valence-electron chi connectivity index (χ0n) is 11.2. The van der Waals surface area contributed by atoms with Gasteiger partial charge in [-0.3, -0.25) is 4.68 Å². The summed E-state index contributed by atoms with van der Waals surface area (Å²) in [7, 11) is 0. The van der Waals surface area contributed by atoms with Crippen molar-refractivity contribution in [1.29, 1.82) is 0 Å². The van der Waals surface area contributed by atoms with Crippen molar-refractivity contribution in [2.75, 3.05) is 0 Å². The van der Waals surface area contributed by atoms with Crippen LogP contribution in [0.4, 0.5) is 13.2 Å². The standard InChI is InChI=1S/C14H16F3N3/c1-9-4-3-5-11(8-9)13(10(2)18)20-7-6-12(19-20)14(15,16)17/h3-8,10,13H,18H2,1-2H3. The van der Waals surface area contributed by atoms with Crippen molar-refractivity contribution >= 4 is 0 Å². The molecule has 108 valence electrons. The molecule has 20 heavy (non-hydrogen) atoms. The lowest BCUT2D eigenvalue weighted by molar-refractivity contribution is -0.141. The van der Waals surface area contributed by atoms with E-state index in [0.717, 1.165) is 17.2 Å². The number of rotatable bonds is 3. The second kappa shape index (κ2) is 5.28. The van der Waals surface area contributed by atoms with Gasteiger partial charge in [0, 0.05) is 12.2 Å². The zero-order valence-corrected chi connectivity index (χ0v) is 11.2. The molecule has 0 saturated carbocycles. The van der Waals surface area contributed by atoms with Crippen LogP contribution in [0.2, 0.25) is 0 Å². The van der Waals surface area contributed by atoms with Crippen molar-refractivity contribution in [3.8, 4) is 0 Å². The Morgan fingerprint density at radius 2 is 1.95 bits per heavy atom. The molecule has 2 N–H and O–H groups in total. The highest BCUT2D eigenvalue weighted by Gasteiger charge is 2.34. The van der Waals surface area contributed by atoms with E-state index in [1.54, 1.807) is 6.92 Å². The summed E-state index contributed by atoms with van der Waals surface area (Å²) in [6.07, 6.45) is -3.13. The number of halogens is 3. The van der Waals surface area contributed by atoms with Crippen LogP contribution < -0.4 is 5.73 Å². The van der Waals surface area contributed by atoms with Gasteiger partial charge in [0.2, 0.25) is 0 Å². The highest BCUT2D eigenvalue weighted by Crippen LogP contribution is 2.29. The van der Waals surface area contributed by atoms with E-state index in [9.17, 15) is 13.2 Å². The zero-order chi connectivity index (χ0) is 14.9. The normalized spacial score (nSPS) is 15.1. The Morgan fingerprint density at radius 3 is 2.45 bits per heavy atom. The molecular weight excluding hydrogens is 267 g/mol. The molecule has 2 unspecified atom stereocenters. The van der Waals surface area contributed by atoms with Gasteiger partial charge in [0.05, 0.1) is 6.04 Å². The van der Waals surface area contributed by atoms with Crippen LogP contribution in [0.15, 0.2) is 36.5 Å². The summed E-state index contributed by atoms with van der Waals surface area (Å²) >= 11 is 0. The average Bonchev–Trinajstić information content (AvgIpc) is 2.77. The van der Waals surface area contributed by atoms with Crippen LogP contribution in [0.3, 0.4) is 0 Å². The van der Waals surface area contributed by atoms with Crippen LogP contribution >= 0.6 is 0 Å². The van der Waals surface area contributed by atoms with Gasteiger partial charge in [0.1, 0.15) is 0 Å². The Morgan fingerprint density at radius 1 is 1.25 bits per heavy atom. The van der Waals surface area contributed by atoms with Gasteiger partial charge < -0.3 is 5.73 Å². The number of aromatic nitrogens is 2. The molecule has 0 spiro atoms. The largest absolute Gasteiger partial charge is 0.435 e. The molecule has 0 bridgehead atoms. The lowest BCUT2D eigenvalue weighted by Gasteiger charge is -2.22. The average molecular weight is 283 g/mol. The Bertz CT molecular complexity index is 587. The predicted molar refractivity (Wildman–Crippen MR) is 70.2 cm³/mol. The fraction of sp³-hybridized carbons (Fsp3) is 0.357. The lowest BCUT2D eigenvalue weighted by Crippen LogP contribution is -2.31. The maximum absolute atomic E-state index is 12.6. The number of hydrogen-bond donors (Lipinski definition) is 1. The maximum Gasteiger partial charge on any atom is 0.435 e. The highest BCUT2D eigenvalue weighted by atomic mass is 19.4. The third-order valence-corrected chi connectivity index (χ3v) is 3.07. The highest BCUT2D eigenvalue weighted by molar-refractivity contribution is 5.27. The van der Waals surface area contributed by atoms with Gasteiger partial charge in [-0.2, -0.15) is 18.3 Å². The van der Waals surface area contributed by atoms with Crippen molar-refractivity contribution < 1.29 is 13.2 Å². The number of hydrogen-bond acceptors (Lipinski definition) is 2. The number of nitrogens with two attached hydrogens (primary N) is 1. The third-order valence-electron chi connectivity index (χ3n) is 3.07. The van der Waals surface area contributed by atoms with Gasteiger partial charge >= 0.3 is 6.18 Å². The van der Waals surface area contributed by atoms with Crippen molar-refractivity contribution in [3.63, 3.8) is 0 Å². The number of benzene rings is 1. The molecule has 1 heterocycles. The lowest BCUT2D eigenvalue weighted by atomic mass is 9.99. The maximum atomic E-state index is 12.6. The molecule has 2 rings (SSSR count). The van der Waals surface area contributed by atoms with E-state index < -0.39 is 17.9 Å². The molecule has 0 aliphatic rings. The topological polar surface area (TPSA) is 43.8 Å². The Labute approximate surface area is 115 Å². The summed E-state index contributed by atoms with van der Waals surface area (Å²) in [6.45, 7) is 3.67. The fourth-order valence-electron chi connectivity index (χ4n) is 2.20. The van der Waals surface area contributed by atoms with E-state index in [1.165, 1.54) is 10.9 Å². The van der Waals surface area contributed by atoms with E-state index in [2.05, 4.69) is 5.10 Å². The molecule has 0 radical (unpaired) electrons. The van der Waals surface area contributed by atoms with Crippen molar-refractivity contribution in [2.45, 2.75) is 32.1 Å². The van der Waals surface area contributed by atoms with Crippen LogP contribution in [0.5, 0.6) is 0 Å². The predicted octanol–water partition coefficient (Wildman–Crippen LogP) is 3.15. The second-order valence-electron chi connectivity index (χ2n) is 4.90. The molecule has 1 aromatic carbocycles. The van der Waals surface area contributed by atoms with E-state index in [4.69, 9.17) is 5.73 Å². The minimum Gasteiger partial charge on any atom is -0.326 e. The van der Waals surface area contributed by atoms with Crippen LogP contribution in [0, 0.1) is 6.92 Å². The van der Waals surface area contributed by atoms with Gasteiger partial charge in [-0.1, -0.05) is 29.8 Å². The van der Waals surface area contributed by atoms with Crippen molar-refractivity contribution in [2.24, 2.45) is 5.73 Å². The number of alkyl halides is 3. The van der Waals surface area contributed by atoms with Gasteiger partial charge in [-0.25, -0.2) is 0 Å². The first-order valence-corrected chi connectivity index (χ1v) is 6.23. The number of aryl methyl sites for hydroxylation is 1. The van der Waals surface area contributed by atoms with Crippen LogP contribution in [0.25, 0.3) is 0 Å². The molecule has 0 amide bonds. The third kappa shape index (κ3) is 3.01. The molecular formula is C14H16F3N3. The summed E-state index contributed by atoms with van der Waals surface area (Å²) in [5.41, 5.74) is 6.89. The van der Waals surface area contributed by atoms with E-state index in [0.29, 0.717) is 0 Å². The molecule has 0 fully saturated rings. The Kier molecular flexibility index (Phi) is 3.85. The summed E-state index contributed by atoms with van der Waals surface area (Å²) in [6, 6.07) is 7.70. The number of nitrogens with zero attached hydrogens (tertiary/aromatic N) is 2. The van der Waals surface area contributed by atoms with E-state index in [-0.39, 0.29) is 6.04 Å². The monoisotopic (exact) mass is 283 g/mol. The minimum absolute atomic E-state index is 0.363. The molecule has 3 nitrogen and oxygen atoms in total. The molecule has 6 heteroatoms. The van der Waals surface area contributed by atoms with Crippen LogP contribution in [-0.4, -0.2) is 15.8 Å². The first kappa shape index (κ1) is 14.6. The van der Waals surface area contributed by atoms with Crippen molar-refractivity contribution in [1.82, 2.24) is 9.78 Å². The van der Waals surface area contributed by atoms with Crippen LogP contribution in [0.1, 0.15) is 29.8 Å². The molecule has 1 aromatic heterocycles. The summed E-state index contributed by atoms with van der Waals surface area (Å²) in [5, 5.41) is 3.62. The smallest absolute Gasteiger partial charge is 0.326 e. The molecule has 2 aromatic rings. The van der Waals surface area contributed by atoms with Gasteiger partial charge in [0.25, 0.3) is 0 Å². The van der Waals surface area contributed by atoms with Gasteiger partial charge in [-0.05, 0) is 25.5 Å². The van der Waals surface area contributed by atoms with Crippen LogP contribution in [-0.2, 0) is 6.18 Å². The first-order valence-electron chi connectivity index (χ1n) is 6.23.